The van der Waals surface area contributed by atoms with Crippen LogP contribution >= 0.6 is 0 Å². The summed E-state index contributed by atoms with van der Waals surface area (Å²) in [6.07, 6.45) is 7.02. The molecular formula is C23H38N4O. The van der Waals surface area contributed by atoms with Crippen LogP contribution in [0, 0.1) is 0 Å². The van der Waals surface area contributed by atoms with Gasteiger partial charge in [-0.05, 0) is 71.0 Å². The van der Waals surface area contributed by atoms with Crippen molar-refractivity contribution in [3.8, 4) is 0 Å². The first kappa shape index (κ1) is 21.1. The highest BCUT2D eigenvalue weighted by molar-refractivity contribution is 5.80. The van der Waals surface area contributed by atoms with Gasteiger partial charge in [-0.3, -0.25) is 9.89 Å². The Bertz CT molecular complexity index is 592. The third-order valence-corrected chi connectivity index (χ3v) is 6.17. The zero-order chi connectivity index (χ0) is 19.7. The molecule has 2 heterocycles. The highest BCUT2D eigenvalue weighted by Crippen LogP contribution is 2.31. The number of hydrogen-bond acceptors (Lipinski definition) is 3. The van der Waals surface area contributed by atoms with Crippen LogP contribution in [0.2, 0.25) is 0 Å². The van der Waals surface area contributed by atoms with Gasteiger partial charge in [0.15, 0.2) is 5.96 Å². The molecule has 0 aliphatic carbocycles. The minimum atomic E-state index is 0.185. The Labute approximate surface area is 170 Å². The molecule has 0 radical (unpaired) electrons. The fraction of sp³-hybridized carbons (Fsp3) is 0.696. The molecule has 5 heteroatoms. The Kier molecular flexibility index (Phi) is 8.16. The van der Waals surface area contributed by atoms with Crippen LogP contribution < -0.4 is 10.6 Å². The Morgan fingerprint density at radius 3 is 2.57 bits per heavy atom. The molecule has 0 aromatic heterocycles. The van der Waals surface area contributed by atoms with Gasteiger partial charge in [-0.25, -0.2) is 0 Å². The predicted octanol–water partition coefficient (Wildman–Crippen LogP) is 3.21. The van der Waals surface area contributed by atoms with E-state index in [0.717, 1.165) is 57.9 Å². The quantitative estimate of drug-likeness (QED) is 0.532. The van der Waals surface area contributed by atoms with Crippen LogP contribution in [-0.4, -0.2) is 61.8 Å². The average Bonchev–Trinajstić information content (AvgIpc) is 3.28. The molecule has 28 heavy (non-hydrogen) atoms. The van der Waals surface area contributed by atoms with E-state index in [1.165, 1.54) is 31.5 Å². The summed E-state index contributed by atoms with van der Waals surface area (Å²) in [6.45, 7) is 10.3. The molecule has 2 N–H and O–H groups in total. The summed E-state index contributed by atoms with van der Waals surface area (Å²) in [7, 11) is 0. The van der Waals surface area contributed by atoms with E-state index in [0.29, 0.717) is 6.04 Å². The average molecular weight is 387 g/mol. The van der Waals surface area contributed by atoms with Crippen molar-refractivity contribution in [2.24, 2.45) is 4.99 Å². The van der Waals surface area contributed by atoms with Crippen LogP contribution in [0.4, 0.5) is 0 Å². The summed E-state index contributed by atoms with van der Waals surface area (Å²) in [6, 6.07) is 11.1. The largest absolute Gasteiger partial charge is 0.381 e. The number of guanidine groups is 1. The number of hydrogen-bond donors (Lipinski definition) is 2. The summed E-state index contributed by atoms with van der Waals surface area (Å²) in [4.78, 5) is 7.73. The summed E-state index contributed by atoms with van der Waals surface area (Å²) < 4.78 is 5.67. The minimum Gasteiger partial charge on any atom is -0.381 e. The second-order valence-corrected chi connectivity index (χ2v) is 8.30. The molecule has 0 spiro atoms. The minimum absolute atomic E-state index is 0.185. The van der Waals surface area contributed by atoms with E-state index in [9.17, 15) is 0 Å². The lowest BCUT2D eigenvalue weighted by molar-refractivity contribution is -0.0139. The Morgan fingerprint density at radius 1 is 1.18 bits per heavy atom. The van der Waals surface area contributed by atoms with Crippen LogP contribution in [0.1, 0.15) is 51.5 Å². The maximum Gasteiger partial charge on any atom is 0.191 e. The molecule has 0 saturated carbocycles. The second-order valence-electron chi connectivity index (χ2n) is 8.30. The van der Waals surface area contributed by atoms with E-state index in [4.69, 9.17) is 9.73 Å². The predicted molar refractivity (Wildman–Crippen MR) is 117 cm³/mol. The van der Waals surface area contributed by atoms with E-state index in [-0.39, 0.29) is 5.54 Å². The SMILES string of the molecule is CCNC(=NCC1(N2CCCC2)CCOCC1)NC(C)CCc1ccccc1. The molecule has 1 aromatic rings. The lowest BCUT2D eigenvalue weighted by Crippen LogP contribution is -2.54. The van der Waals surface area contributed by atoms with Crippen molar-refractivity contribution in [1.29, 1.82) is 0 Å². The molecular weight excluding hydrogens is 348 g/mol. The molecule has 2 aliphatic heterocycles. The first-order valence-electron chi connectivity index (χ1n) is 11.1. The molecule has 3 rings (SSSR count). The lowest BCUT2D eigenvalue weighted by Gasteiger charge is -2.43. The molecule has 1 aromatic carbocycles. The standard InChI is InChI=1S/C23H38N4O/c1-3-24-22(26-20(2)11-12-21-9-5-4-6-10-21)25-19-23(13-17-28-18-14-23)27-15-7-8-16-27/h4-6,9-10,20H,3,7-8,11-19H2,1-2H3,(H2,24,25,26). The van der Waals surface area contributed by atoms with Crippen LogP contribution in [0.25, 0.3) is 0 Å². The zero-order valence-electron chi connectivity index (χ0n) is 17.8. The van der Waals surface area contributed by atoms with Gasteiger partial charge in [0, 0.05) is 31.3 Å². The maximum absolute atomic E-state index is 5.67. The number of nitrogens with one attached hydrogen (secondary N) is 2. The maximum atomic E-state index is 5.67. The van der Waals surface area contributed by atoms with Gasteiger partial charge in [0.05, 0.1) is 6.54 Å². The number of aliphatic imine (C=N–C) groups is 1. The Hall–Kier alpha value is -1.59. The monoisotopic (exact) mass is 386 g/mol. The lowest BCUT2D eigenvalue weighted by atomic mass is 9.88. The van der Waals surface area contributed by atoms with Gasteiger partial charge in [0.1, 0.15) is 0 Å². The van der Waals surface area contributed by atoms with Crippen LogP contribution in [0.3, 0.4) is 0 Å². The number of ether oxygens (including phenoxy) is 1. The molecule has 0 bridgehead atoms. The van der Waals surface area contributed by atoms with Crippen LogP contribution in [0.5, 0.6) is 0 Å². The summed E-state index contributed by atoms with van der Waals surface area (Å²) in [5.74, 6) is 0.952. The van der Waals surface area contributed by atoms with Crippen LogP contribution in [0.15, 0.2) is 35.3 Å². The van der Waals surface area contributed by atoms with E-state index in [1.807, 2.05) is 0 Å². The summed E-state index contributed by atoms with van der Waals surface area (Å²) in [5.41, 5.74) is 1.58. The molecule has 1 unspecified atom stereocenters. The van der Waals surface area contributed by atoms with E-state index in [1.54, 1.807) is 0 Å². The van der Waals surface area contributed by atoms with Gasteiger partial charge in [-0.1, -0.05) is 30.3 Å². The Balaban J connectivity index is 1.58. The molecule has 156 valence electrons. The van der Waals surface area contributed by atoms with Gasteiger partial charge in [0.25, 0.3) is 0 Å². The van der Waals surface area contributed by atoms with Gasteiger partial charge in [-0.15, -0.1) is 0 Å². The van der Waals surface area contributed by atoms with Gasteiger partial charge >= 0.3 is 0 Å². The van der Waals surface area contributed by atoms with E-state index < -0.39 is 0 Å². The first-order valence-corrected chi connectivity index (χ1v) is 11.1. The van der Waals surface area contributed by atoms with Crippen molar-refractivity contribution in [1.82, 2.24) is 15.5 Å². The number of rotatable bonds is 8. The number of nitrogens with zero attached hydrogens (tertiary/aromatic N) is 2. The first-order chi connectivity index (χ1) is 13.7. The number of benzene rings is 1. The third kappa shape index (κ3) is 5.95. The van der Waals surface area contributed by atoms with Crippen molar-refractivity contribution < 1.29 is 4.74 Å². The third-order valence-electron chi connectivity index (χ3n) is 6.17. The molecule has 2 aliphatic rings. The van der Waals surface area contributed by atoms with Crippen molar-refractivity contribution in [3.63, 3.8) is 0 Å². The molecule has 2 saturated heterocycles. The molecule has 0 amide bonds. The number of aryl methyl sites for hydroxylation is 1. The van der Waals surface area contributed by atoms with Crippen molar-refractivity contribution >= 4 is 5.96 Å². The van der Waals surface area contributed by atoms with E-state index >= 15 is 0 Å². The fourth-order valence-electron chi connectivity index (χ4n) is 4.40. The molecule has 5 nitrogen and oxygen atoms in total. The summed E-state index contributed by atoms with van der Waals surface area (Å²) in [5, 5.41) is 7.07. The summed E-state index contributed by atoms with van der Waals surface area (Å²) >= 11 is 0. The highest BCUT2D eigenvalue weighted by atomic mass is 16.5. The van der Waals surface area contributed by atoms with Gasteiger partial charge in [-0.2, -0.15) is 0 Å². The van der Waals surface area contributed by atoms with Gasteiger partial charge < -0.3 is 15.4 Å². The molecule has 2 fully saturated rings. The number of likely N-dealkylation sites (tertiary alicyclic amines) is 1. The molecule has 1 atom stereocenters. The van der Waals surface area contributed by atoms with Crippen LogP contribution in [-0.2, 0) is 11.2 Å². The van der Waals surface area contributed by atoms with E-state index in [2.05, 4.69) is 59.7 Å². The second kappa shape index (κ2) is 10.8. The topological polar surface area (TPSA) is 48.9 Å². The highest BCUT2D eigenvalue weighted by Gasteiger charge is 2.39. The van der Waals surface area contributed by atoms with Crippen molar-refractivity contribution in [3.05, 3.63) is 35.9 Å². The fourth-order valence-corrected chi connectivity index (χ4v) is 4.40. The van der Waals surface area contributed by atoms with Crippen molar-refractivity contribution in [2.75, 3.05) is 39.4 Å². The normalized spacial score (nSPS) is 21.4. The Morgan fingerprint density at radius 2 is 1.89 bits per heavy atom. The van der Waals surface area contributed by atoms with Crippen molar-refractivity contribution in [2.45, 2.75) is 64.0 Å². The smallest absolute Gasteiger partial charge is 0.191 e. The van der Waals surface area contributed by atoms with Gasteiger partial charge in [0.2, 0.25) is 0 Å². The zero-order valence-corrected chi connectivity index (χ0v) is 17.8.